The molecule has 23 heavy (non-hydrogen) atoms. The van der Waals surface area contributed by atoms with Crippen LogP contribution in [0.15, 0.2) is 18.3 Å². The van der Waals surface area contributed by atoms with Crippen LogP contribution in [0, 0.1) is 0 Å². The fraction of sp³-hybridized carbons (Fsp3) is 0.562. The van der Waals surface area contributed by atoms with E-state index in [0.717, 1.165) is 19.5 Å². The van der Waals surface area contributed by atoms with E-state index >= 15 is 0 Å². The lowest BCUT2D eigenvalue weighted by Crippen LogP contribution is -2.44. The van der Waals surface area contributed by atoms with Crippen LogP contribution < -0.4 is 5.32 Å². The van der Waals surface area contributed by atoms with Crippen LogP contribution in [0.3, 0.4) is 0 Å². The van der Waals surface area contributed by atoms with Gasteiger partial charge in [-0.3, -0.25) is 14.5 Å². The molecule has 2 heterocycles. The molecular formula is C16H23ClN4O2. The van der Waals surface area contributed by atoms with Gasteiger partial charge in [-0.2, -0.15) is 0 Å². The topological polar surface area (TPSA) is 65.5 Å². The highest BCUT2D eigenvalue weighted by atomic mass is 35.5. The Morgan fingerprint density at radius 1 is 1.30 bits per heavy atom. The molecule has 1 aliphatic heterocycles. The fourth-order valence-electron chi connectivity index (χ4n) is 2.64. The Balaban J connectivity index is 1.91. The highest BCUT2D eigenvalue weighted by molar-refractivity contribution is 6.30. The summed E-state index contributed by atoms with van der Waals surface area (Å²) in [6.45, 7) is 6.69. The number of carbonyl (C=O) groups excluding carboxylic acids is 2. The summed E-state index contributed by atoms with van der Waals surface area (Å²) in [4.78, 5) is 32.2. The van der Waals surface area contributed by atoms with E-state index in [4.69, 9.17) is 11.6 Å². The molecule has 7 heteroatoms. The van der Waals surface area contributed by atoms with Crippen LogP contribution in [0.5, 0.6) is 0 Å². The largest absolute Gasteiger partial charge is 0.341 e. The van der Waals surface area contributed by atoms with Crippen molar-refractivity contribution in [2.75, 3.05) is 31.5 Å². The molecule has 0 saturated carbocycles. The second-order valence-corrected chi connectivity index (χ2v) is 6.09. The summed E-state index contributed by atoms with van der Waals surface area (Å²) in [5.41, 5.74) is 0. The first-order chi connectivity index (χ1) is 11.0. The number of nitrogens with zero attached hydrogens (tertiary/aromatic N) is 3. The third kappa shape index (κ3) is 4.91. The minimum atomic E-state index is -0.274. The van der Waals surface area contributed by atoms with E-state index in [-0.39, 0.29) is 17.9 Å². The molecule has 1 N–H and O–H groups in total. The average Bonchev–Trinajstić information content (AvgIpc) is 2.81. The molecule has 1 saturated heterocycles. The van der Waals surface area contributed by atoms with E-state index in [2.05, 4.69) is 15.2 Å². The number of halogens is 1. The Morgan fingerprint density at radius 3 is 2.74 bits per heavy atom. The molecule has 1 atom stereocenters. The van der Waals surface area contributed by atoms with Gasteiger partial charge in [-0.15, -0.1) is 0 Å². The second kappa shape index (κ2) is 8.26. The van der Waals surface area contributed by atoms with Crippen molar-refractivity contribution in [2.24, 2.45) is 0 Å². The van der Waals surface area contributed by atoms with Crippen LogP contribution in [-0.4, -0.2) is 58.8 Å². The molecule has 0 radical (unpaired) electrons. The normalized spacial score (nSPS) is 17.4. The molecule has 1 unspecified atom stereocenters. The zero-order valence-electron chi connectivity index (χ0n) is 13.6. The van der Waals surface area contributed by atoms with E-state index in [1.807, 2.05) is 18.7 Å². The smallest absolute Gasteiger partial charge is 0.242 e. The quantitative estimate of drug-likeness (QED) is 0.912. The zero-order chi connectivity index (χ0) is 16.8. The van der Waals surface area contributed by atoms with E-state index in [9.17, 15) is 9.59 Å². The lowest BCUT2D eigenvalue weighted by Gasteiger charge is -2.26. The predicted molar refractivity (Wildman–Crippen MR) is 90.4 cm³/mol. The first-order valence-electron chi connectivity index (χ1n) is 7.95. The first kappa shape index (κ1) is 17.7. The van der Waals surface area contributed by atoms with Crippen molar-refractivity contribution in [3.8, 4) is 0 Å². The number of anilines is 1. The van der Waals surface area contributed by atoms with Crippen LogP contribution in [-0.2, 0) is 9.59 Å². The highest BCUT2D eigenvalue weighted by Crippen LogP contribution is 2.12. The summed E-state index contributed by atoms with van der Waals surface area (Å²) in [6, 6.07) is 3.09. The molecule has 1 fully saturated rings. The molecule has 2 rings (SSSR count). The average molecular weight is 339 g/mol. The van der Waals surface area contributed by atoms with Gasteiger partial charge in [0.25, 0.3) is 0 Å². The van der Waals surface area contributed by atoms with Gasteiger partial charge in [0.1, 0.15) is 5.82 Å². The third-order valence-corrected chi connectivity index (χ3v) is 4.32. The molecule has 2 amide bonds. The van der Waals surface area contributed by atoms with Crippen molar-refractivity contribution in [3.63, 3.8) is 0 Å². The number of carbonyl (C=O) groups is 2. The van der Waals surface area contributed by atoms with Crippen LogP contribution in [0.25, 0.3) is 0 Å². The Bertz CT molecular complexity index is 550. The highest BCUT2D eigenvalue weighted by Gasteiger charge is 2.25. The number of aromatic nitrogens is 1. The maximum Gasteiger partial charge on any atom is 0.242 e. The summed E-state index contributed by atoms with van der Waals surface area (Å²) in [7, 11) is 0. The van der Waals surface area contributed by atoms with Crippen molar-refractivity contribution in [3.05, 3.63) is 23.4 Å². The van der Waals surface area contributed by atoms with Crippen LogP contribution in [0.2, 0.25) is 5.02 Å². The third-order valence-electron chi connectivity index (χ3n) is 4.09. The number of hydrogen-bond acceptors (Lipinski definition) is 4. The van der Waals surface area contributed by atoms with E-state index < -0.39 is 0 Å². The van der Waals surface area contributed by atoms with E-state index in [1.54, 1.807) is 12.1 Å². The van der Waals surface area contributed by atoms with Gasteiger partial charge in [-0.25, -0.2) is 4.98 Å². The van der Waals surface area contributed by atoms with Gasteiger partial charge in [-0.05, 0) is 25.5 Å². The molecular weight excluding hydrogens is 316 g/mol. The monoisotopic (exact) mass is 338 g/mol. The van der Waals surface area contributed by atoms with Crippen LogP contribution in [0.1, 0.15) is 26.7 Å². The Labute approximate surface area is 141 Å². The summed E-state index contributed by atoms with van der Waals surface area (Å²) in [5, 5.41) is 3.33. The number of hydrogen-bond donors (Lipinski definition) is 1. The summed E-state index contributed by atoms with van der Waals surface area (Å²) in [6.07, 6.45) is 2.91. The summed E-state index contributed by atoms with van der Waals surface area (Å²) >= 11 is 5.79. The number of pyridine rings is 1. The lowest BCUT2D eigenvalue weighted by atomic mass is 10.2. The van der Waals surface area contributed by atoms with Gasteiger partial charge in [-0.1, -0.05) is 18.5 Å². The van der Waals surface area contributed by atoms with Crippen LogP contribution >= 0.6 is 11.6 Å². The summed E-state index contributed by atoms with van der Waals surface area (Å²) < 4.78 is 0. The van der Waals surface area contributed by atoms with E-state index in [0.29, 0.717) is 30.4 Å². The van der Waals surface area contributed by atoms with Crippen molar-refractivity contribution < 1.29 is 9.59 Å². The Hall–Kier alpha value is -1.66. The lowest BCUT2D eigenvalue weighted by molar-refractivity contribution is -0.130. The minimum absolute atomic E-state index is 0.102. The molecule has 6 nitrogen and oxygen atoms in total. The maximum absolute atomic E-state index is 12.4. The van der Waals surface area contributed by atoms with Gasteiger partial charge in [0.2, 0.25) is 11.8 Å². The van der Waals surface area contributed by atoms with Crippen molar-refractivity contribution >= 4 is 29.2 Å². The number of nitrogens with one attached hydrogen (secondary N) is 1. The Kier molecular flexibility index (Phi) is 6.36. The standard InChI is InChI=1S/C16H23ClN4O2/c1-3-15(22)21-8-4-7-20(9-10-21)12(2)16(23)19-14-6-5-13(17)11-18-14/h5-6,11-12H,3-4,7-10H2,1-2H3,(H,18,19,23). The van der Waals surface area contributed by atoms with Gasteiger partial charge < -0.3 is 10.2 Å². The van der Waals surface area contributed by atoms with Gasteiger partial charge >= 0.3 is 0 Å². The first-order valence-corrected chi connectivity index (χ1v) is 8.33. The van der Waals surface area contributed by atoms with Gasteiger partial charge in [0.15, 0.2) is 0 Å². The van der Waals surface area contributed by atoms with Crippen LogP contribution in [0.4, 0.5) is 5.82 Å². The van der Waals surface area contributed by atoms with Crippen molar-refractivity contribution in [1.82, 2.24) is 14.8 Å². The molecule has 0 aliphatic carbocycles. The number of rotatable bonds is 4. The van der Waals surface area contributed by atoms with E-state index in [1.165, 1.54) is 6.20 Å². The SMILES string of the molecule is CCC(=O)N1CCCN(C(C)C(=O)Nc2ccc(Cl)cn2)CC1. The zero-order valence-corrected chi connectivity index (χ0v) is 14.3. The molecule has 1 aromatic rings. The van der Waals surface area contributed by atoms with Gasteiger partial charge in [0, 0.05) is 38.8 Å². The van der Waals surface area contributed by atoms with Crippen molar-refractivity contribution in [1.29, 1.82) is 0 Å². The molecule has 126 valence electrons. The molecule has 0 aromatic carbocycles. The van der Waals surface area contributed by atoms with Crippen molar-refractivity contribution in [2.45, 2.75) is 32.7 Å². The van der Waals surface area contributed by atoms with Gasteiger partial charge in [0.05, 0.1) is 11.1 Å². The fourth-order valence-corrected chi connectivity index (χ4v) is 2.76. The molecule has 1 aromatic heterocycles. The second-order valence-electron chi connectivity index (χ2n) is 5.65. The maximum atomic E-state index is 12.4. The Morgan fingerprint density at radius 2 is 2.09 bits per heavy atom. The molecule has 0 bridgehead atoms. The minimum Gasteiger partial charge on any atom is -0.341 e. The number of amides is 2. The predicted octanol–water partition coefficient (Wildman–Crippen LogP) is 2.01. The summed E-state index contributed by atoms with van der Waals surface area (Å²) in [5.74, 6) is 0.563. The molecule has 1 aliphatic rings. The molecule has 0 spiro atoms.